The van der Waals surface area contributed by atoms with Gasteiger partial charge in [-0.3, -0.25) is 0 Å². The van der Waals surface area contributed by atoms with Gasteiger partial charge in [-0.25, -0.2) is 4.39 Å². The Morgan fingerprint density at radius 3 is 2.57 bits per heavy atom. The first kappa shape index (κ1) is 18.6. The number of rotatable bonds is 4. The van der Waals surface area contributed by atoms with Crippen molar-refractivity contribution in [2.45, 2.75) is 26.8 Å². The van der Waals surface area contributed by atoms with E-state index in [1.807, 2.05) is 26.8 Å². The Morgan fingerprint density at radius 2 is 1.82 bits per heavy atom. The van der Waals surface area contributed by atoms with Crippen molar-refractivity contribution < 1.29 is 9.13 Å². The zero-order chi connectivity index (χ0) is 19.7. The number of aromatic nitrogens is 2. The molecule has 146 valence electrons. The fourth-order valence-corrected chi connectivity index (χ4v) is 3.70. The van der Waals surface area contributed by atoms with E-state index < -0.39 is 0 Å². The molecule has 1 fully saturated rings. The second-order valence-corrected chi connectivity index (χ2v) is 7.39. The zero-order valence-corrected chi connectivity index (χ0v) is 16.5. The first-order valence-electron chi connectivity index (χ1n) is 9.64. The first-order valence-corrected chi connectivity index (χ1v) is 9.64. The lowest BCUT2D eigenvalue weighted by Crippen LogP contribution is -2.36. The number of benzene rings is 2. The number of ether oxygens (including phenoxy) is 1. The number of fused-ring (bicyclic) bond motifs is 1. The number of nitrogens with zero attached hydrogens (tertiary/aromatic N) is 3. The Balaban J connectivity index is 1.70. The fourth-order valence-electron chi connectivity index (χ4n) is 3.70. The van der Waals surface area contributed by atoms with E-state index in [0.29, 0.717) is 5.82 Å². The quantitative estimate of drug-likeness (QED) is 0.727. The third kappa shape index (κ3) is 3.78. The van der Waals surface area contributed by atoms with Crippen molar-refractivity contribution >= 4 is 22.3 Å². The molecule has 0 radical (unpaired) electrons. The lowest BCUT2D eigenvalue weighted by molar-refractivity contribution is 0.122. The average Bonchev–Trinajstić information content (AvgIpc) is 2.70. The lowest BCUT2D eigenvalue weighted by Gasteiger charge is -2.29. The van der Waals surface area contributed by atoms with Gasteiger partial charge in [-0.2, -0.15) is 5.10 Å². The van der Waals surface area contributed by atoms with Crippen molar-refractivity contribution in [1.82, 2.24) is 10.2 Å². The molecule has 0 amide bonds. The molecular formula is C22H25FN4O. The Kier molecular flexibility index (Phi) is 5.13. The molecule has 0 aliphatic carbocycles. The maximum absolute atomic E-state index is 13.8. The minimum absolute atomic E-state index is 0.0957. The largest absolute Gasteiger partial charge is 0.378 e. The van der Waals surface area contributed by atoms with Gasteiger partial charge in [0.2, 0.25) is 0 Å². The van der Waals surface area contributed by atoms with Gasteiger partial charge in [0.25, 0.3) is 0 Å². The van der Waals surface area contributed by atoms with Crippen LogP contribution in [0.4, 0.5) is 15.9 Å². The Bertz CT molecular complexity index is 981. The highest BCUT2D eigenvalue weighted by Crippen LogP contribution is 2.30. The van der Waals surface area contributed by atoms with E-state index in [1.165, 1.54) is 6.07 Å². The molecule has 0 spiro atoms. The molecule has 0 bridgehead atoms. The molecule has 1 aliphatic rings. The molecule has 2 heterocycles. The summed E-state index contributed by atoms with van der Waals surface area (Å²) in [6.07, 6.45) is 0. The van der Waals surface area contributed by atoms with Gasteiger partial charge in [-0.1, -0.05) is 12.1 Å². The van der Waals surface area contributed by atoms with Gasteiger partial charge in [0.1, 0.15) is 5.82 Å². The van der Waals surface area contributed by atoms with Crippen LogP contribution in [-0.2, 0) is 4.74 Å². The third-order valence-corrected chi connectivity index (χ3v) is 5.24. The predicted molar refractivity (Wildman–Crippen MR) is 110 cm³/mol. The number of morpholine rings is 1. The maximum Gasteiger partial charge on any atom is 0.157 e. The van der Waals surface area contributed by atoms with Gasteiger partial charge in [0.15, 0.2) is 5.82 Å². The summed E-state index contributed by atoms with van der Waals surface area (Å²) in [5.41, 5.74) is 3.83. The highest BCUT2D eigenvalue weighted by atomic mass is 19.1. The summed E-state index contributed by atoms with van der Waals surface area (Å²) in [5, 5.41) is 14.2. The second kappa shape index (κ2) is 7.72. The molecule has 4 rings (SSSR count). The fraction of sp³-hybridized carbons (Fsp3) is 0.364. The van der Waals surface area contributed by atoms with Crippen molar-refractivity contribution in [2.24, 2.45) is 0 Å². The van der Waals surface area contributed by atoms with Crippen LogP contribution < -0.4 is 10.2 Å². The minimum Gasteiger partial charge on any atom is -0.378 e. The molecule has 1 atom stereocenters. The summed E-state index contributed by atoms with van der Waals surface area (Å²) < 4.78 is 19.3. The molecule has 5 nitrogen and oxygen atoms in total. The molecule has 2 aromatic carbocycles. The molecule has 28 heavy (non-hydrogen) atoms. The predicted octanol–water partition coefficient (Wildman–Crippen LogP) is 4.40. The van der Waals surface area contributed by atoms with Crippen molar-refractivity contribution in [3.05, 3.63) is 59.0 Å². The second-order valence-electron chi connectivity index (χ2n) is 7.39. The van der Waals surface area contributed by atoms with Crippen LogP contribution >= 0.6 is 0 Å². The van der Waals surface area contributed by atoms with Gasteiger partial charge in [0, 0.05) is 29.5 Å². The van der Waals surface area contributed by atoms with E-state index in [4.69, 9.17) is 4.74 Å². The van der Waals surface area contributed by atoms with E-state index >= 15 is 0 Å². The molecule has 6 heteroatoms. The maximum atomic E-state index is 13.8. The van der Waals surface area contributed by atoms with Gasteiger partial charge >= 0.3 is 0 Å². The van der Waals surface area contributed by atoms with Crippen LogP contribution in [0.5, 0.6) is 0 Å². The summed E-state index contributed by atoms with van der Waals surface area (Å²) in [7, 11) is 0. The van der Waals surface area contributed by atoms with Crippen molar-refractivity contribution in [2.75, 3.05) is 36.5 Å². The SMILES string of the molecule is Cc1cc(F)cc([C@@H](C)Nc2nnc(C)c3ccc(N4CCOCC4)cc23)c1. The van der Waals surface area contributed by atoms with Crippen LogP contribution in [0.2, 0.25) is 0 Å². The van der Waals surface area contributed by atoms with E-state index in [2.05, 4.69) is 38.6 Å². The zero-order valence-electron chi connectivity index (χ0n) is 16.5. The number of anilines is 2. The average molecular weight is 380 g/mol. The van der Waals surface area contributed by atoms with Crippen LogP contribution in [-0.4, -0.2) is 36.5 Å². The number of hydrogen-bond donors (Lipinski definition) is 1. The van der Waals surface area contributed by atoms with E-state index in [9.17, 15) is 4.39 Å². The van der Waals surface area contributed by atoms with Crippen molar-refractivity contribution in [1.29, 1.82) is 0 Å². The highest BCUT2D eigenvalue weighted by Gasteiger charge is 2.16. The van der Waals surface area contributed by atoms with Gasteiger partial charge in [-0.15, -0.1) is 5.10 Å². The summed E-state index contributed by atoms with van der Waals surface area (Å²) in [6.45, 7) is 9.12. The normalized spacial score (nSPS) is 15.6. The van der Waals surface area contributed by atoms with Crippen LogP contribution in [0.1, 0.15) is 29.8 Å². The van der Waals surface area contributed by atoms with Crippen molar-refractivity contribution in [3.63, 3.8) is 0 Å². The summed E-state index contributed by atoms with van der Waals surface area (Å²) in [4.78, 5) is 2.32. The molecule has 3 aromatic rings. The monoisotopic (exact) mass is 380 g/mol. The van der Waals surface area contributed by atoms with Crippen LogP contribution in [0.15, 0.2) is 36.4 Å². The van der Waals surface area contributed by atoms with Gasteiger partial charge in [-0.05, 0) is 56.2 Å². The topological polar surface area (TPSA) is 50.3 Å². The number of hydrogen-bond acceptors (Lipinski definition) is 5. The Labute approximate surface area is 164 Å². The van der Waals surface area contributed by atoms with Gasteiger partial charge < -0.3 is 15.0 Å². The summed E-state index contributed by atoms with van der Waals surface area (Å²) in [5.74, 6) is 0.489. The first-order chi connectivity index (χ1) is 13.5. The molecule has 1 saturated heterocycles. The molecule has 0 saturated carbocycles. The Morgan fingerprint density at radius 1 is 1.04 bits per heavy atom. The lowest BCUT2D eigenvalue weighted by atomic mass is 10.0. The molecular weight excluding hydrogens is 355 g/mol. The number of nitrogens with one attached hydrogen (secondary N) is 1. The minimum atomic E-state index is -0.224. The van der Waals surface area contributed by atoms with Crippen molar-refractivity contribution in [3.8, 4) is 0 Å². The molecule has 0 unspecified atom stereocenters. The molecule has 1 aromatic heterocycles. The molecule has 1 N–H and O–H groups in total. The van der Waals surface area contributed by atoms with E-state index in [-0.39, 0.29) is 11.9 Å². The van der Waals surface area contributed by atoms with E-state index in [1.54, 1.807) is 6.07 Å². The number of halogens is 1. The Hall–Kier alpha value is -2.73. The van der Waals surface area contributed by atoms with Crippen LogP contribution in [0, 0.1) is 19.7 Å². The smallest absolute Gasteiger partial charge is 0.157 e. The van der Waals surface area contributed by atoms with Crippen LogP contribution in [0.3, 0.4) is 0 Å². The summed E-state index contributed by atoms with van der Waals surface area (Å²) >= 11 is 0. The third-order valence-electron chi connectivity index (χ3n) is 5.24. The molecule has 1 aliphatic heterocycles. The number of aryl methyl sites for hydroxylation is 2. The van der Waals surface area contributed by atoms with Crippen LogP contribution in [0.25, 0.3) is 10.8 Å². The summed E-state index contributed by atoms with van der Waals surface area (Å²) in [6, 6.07) is 11.4. The van der Waals surface area contributed by atoms with E-state index in [0.717, 1.165) is 59.6 Å². The standard InChI is InChI=1S/C22H25FN4O/c1-14-10-17(12-18(23)11-14)15(2)24-22-21-13-19(27-6-8-28-9-7-27)4-5-20(21)16(3)25-26-22/h4-5,10-13,15H,6-9H2,1-3H3,(H,24,26)/t15-/m1/s1. The van der Waals surface area contributed by atoms with Gasteiger partial charge in [0.05, 0.1) is 24.9 Å². The highest BCUT2D eigenvalue weighted by molar-refractivity contribution is 5.95.